The number of pyridine rings is 1. The Bertz CT molecular complexity index is 1600. The Morgan fingerprint density at radius 1 is 0.778 bits per heavy atom. The summed E-state index contributed by atoms with van der Waals surface area (Å²) in [5.41, 5.74) is -1.25. The van der Waals surface area contributed by atoms with Gasteiger partial charge in [-0.2, -0.15) is 31.6 Å². The van der Waals surface area contributed by atoms with Crippen molar-refractivity contribution in [1.29, 1.82) is 5.26 Å². The van der Waals surface area contributed by atoms with Crippen LogP contribution in [0.5, 0.6) is 0 Å². The predicted molar refractivity (Wildman–Crippen MR) is 123 cm³/mol. The normalized spacial score (nSPS) is 12.3. The zero-order valence-corrected chi connectivity index (χ0v) is 18.5. The first-order chi connectivity index (χ1) is 17.0. The molecule has 0 saturated carbocycles. The molecule has 0 unspecified atom stereocenters. The summed E-state index contributed by atoms with van der Waals surface area (Å²) in [4.78, 5) is 3.94. The van der Waals surface area contributed by atoms with Gasteiger partial charge in [0.2, 0.25) is 0 Å². The van der Waals surface area contributed by atoms with Crippen LogP contribution >= 0.6 is 0 Å². The molecule has 0 N–H and O–H groups in total. The van der Waals surface area contributed by atoms with Crippen LogP contribution in [0.15, 0.2) is 73.1 Å². The van der Waals surface area contributed by atoms with Gasteiger partial charge in [0.1, 0.15) is 0 Å². The summed E-state index contributed by atoms with van der Waals surface area (Å²) in [6, 6.07) is 15.1. The van der Waals surface area contributed by atoms with Crippen LogP contribution in [0.25, 0.3) is 38.6 Å². The zero-order chi connectivity index (χ0) is 25.8. The highest BCUT2D eigenvalue weighted by Gasteiger charge is 2.38. The van der Waals surface area contributed by atoms with E-state index in [1.807, 2.05) is 6.07 Å². The van der Waals surface area contributed by atoms with E-state index in [0.717, 1.165) is 16.7 Å². The van der Waals surface area contributed by atoms with Gasteiger partial charge < -0.3 is 4.57 Å². The molecule has 9 heteroatoms. The van der Waals surface area contributed by atoms with Crippen molar-refractivity contribution in [3.05, 3.63) is 95.3 Å². The summed E-state index contributed by atoms with van der Waals surface area (Å²) in [5, 5.41) is 9.91. The molecule has 2 aromatic heterocycles. The molecular weight excluding hydrogens is 480 g/mol. The summed E-state index contributed by atoms with van der Waals surface area (Å²) in [7, 11) is 0. The first-order valence-electron chi connectivity index (χ1n) is 10.7. The van der Waals surface area contributed by atoms with E-state index >= 15 is 0 Å². The molecule has 36 heavy (non-hydrogen) atoms. The molecule has 0 fully saturated rings. The summed E-state index contributed by atoms with van der Waals surface area (Å²) in [5.74, 6) is 0. The van der Waals surface area contributed by atoms with Crippen LogP contribution in [0.4, 0.5) is 26.3 Å². The lowest BCUT2D eigenvalue weighted by molar-refractivity contribution is -0.136. The van der Waals surface area contributed by atoms with Gasteiger partial charge in [-0.15, -0.1) is 0 Å². The molecule has 3 nitrogen and oxygen atoms in total. The minimum absolute atomic E-state index is 0.0297. The lowest BCUT2D eigenvalue weighted by Gasteiger charge is -2.18. The molecule has 0 bridgehead atoms. The SMILES string of the molecule is Cc1cc(-c2ccncc2)c(C#N)cc1-n1c2c(C(F)(F)F)cccc2c2cccc(C(F)(F)F)c21. The Labute approximate surface area is 200 Å². The molecule has 3 aromatic carbocycles. The summed E-state index contributed by atoms with van der Waals surface area (Å²) in [6.07, 6.45) is -6.60. The average molecular weight is 495 g/mol. The molecule has 0 atom stereocenters. The summed E-state index contributed by atoms with van der Waals surface area (Å²) >= 11 is 0. The van der Waals surface area contributed by atoms with Crippen LogP contribution in [-0.4, -0.2) is 9.55 Å². The van der Waals surface area contributed by atoms with Crippen LogP contribution in [0, 0.1) is 18.3 Å². The Hall–Kier alpha value is -4.32. The molecule has 0 aliphatic carbocycles. The number of halogens is 6. The number of para-hydroxylation sites is 2. The number of hydrogen-bond acceptors (Lipinski definition) is 2. The summed E-state index contributed by atoms with van der Waals surface area (Å²) in [6.45, 7) is 1.59. The lowest BCUT2D eigenvalue weighted by atomic mass is 9.97. The maximum atomic E-state index is 14.1. The second-order valence-electron chi connectivity index (χ2n) is 8.27. The van der Waals surface area contributed by atoms with Gasteiger partial charge in [-0.05, 0) is 60.0 Å². The highest BCUT2D eigenvalue weighted by molar-refractivity contribution is 6.11. The standard InChI is InChI=1S/C27H15F6N3/c1-15-12-20(16-8-10-35-11-9-16)17(14-34)13-23(15)36-24-18(4-2-6-21(24)26(28,29)30)19-5-3-7-22(25(19)36)27(31,32)33/h2-13H,1H3. The second kappa shape index (κ2) is 8.12. The summed E-state index contributed by atoms with van der Waals surface area (Å²) < 4.78 is 85.7. The lowest BCUT2D eigenvalue weighted by Crippen LogP contribution is -2.11. The van der Waals surface area contributed by atoms with E-state index in [1.54, 1.807) is 25.1 Å². The van der Waals surface area contributed by atoms with Crippen molar-refractivity contribution in [3.8, 4) is 22.9 Å². The molecule has 180 valence electrons. The fraction of sp³-hybridized carbons (Fsp3) is 0.111. The number of hydrogen-bond donors (Lipinski definition) is 0. The Morgan fingerprint density at radius 2 is 1.31 bits per heavy atom. The van der Waals surface area contributed by atoms with Gasteiger partial charge >= 0.3 is 12.4 Å². The fourth-order valence-corrected chi connectivity index (χ4v) is 4.61. The number of nitriles is 1. The molecule has 5 aromatic rings. The van der Waals surface area contributed by atoms with E-state index in [2.05, 4.69) is 4.98 Å². The van der Waals surface area contributed by atoms with Crippen LogP contribution in [0.1, 0.15) is 22.3 Å². The molecule has 2 heterocycles. The highest BCUT2D eigenvalue weighted by atomic mass is 19.4. The molecule has 0 radical (unpaired) electrons. The van der Waals surface area contributed by atoms with E-state index in [9.17, 15) is 31.6 Å². The molecule has 0 aliphatic rings. The van der Waals surface area contributed by atoms with Crippen molar-refractivity contribution >= 4 is 21.8 Å². The minimum Gasteiger partial charge on any atom is -0.308 e. The van der Waals surface area contributed by atoms with Crippen LogP contribution in [0.3, 0.4) is 0 Å². The Morgan fingerprint density at radius 3 is 1.78 bits per heavy atom. The predicted octanol–water partition coefficient (Wildman–Crippen LogP) is 8.06. The molecule has 0 spiro atoms. The largest absolute Gasteiger partial charge is 0.418 e. The number of benzene rings is 3. The van der Waals surface area contributed by atoms with Crippen molar-refractivity contribution in [2.45, 2.75) is 19.3 Å². The number of fused-ring (bicyclic) bond motifs is 3. The number of nitrogens with zero attached hydrogens (tertiary/aromatic N) is 3. The quantitative estimate of drug-likeness (QED) is 0.233. The van der Waals surface area contributed by atoms with Gasteiger partial charge in [0.15, 0.2) is 0 Å². The topological polar surface area (TPSA) is 41.6 Å². The van der Waals surface area contributed by atoms with Gasteiger partial charge in [-0.1, -0.05) is 24.3 Å². The first-order valence-corrected chi connectivity index (χ1v) is 10.7. The molecule has 0 amide bonds. The van der Waals surface area contributed by atoms with Gasteiger partial charge in [-0.3, -0.25) is 4.98 Å². The third-order valence-electron chi connectivity index (χ3n) is 6.11. The third kappa shape index (κ3) is 3.66. The van der Waals surface area contributed by atoms with Gasteiger partial charge in [0.25, 0.3) is 0 Å². The molecule has 0 aliphatic heterocycles. The molecule has 5 rings (SSSR count). The average Bonchev–Trinajstić information content (AvgIpc) is 3.17. The number of alkyl halides is 6. The monoisotopic (exact) mass is 495 g/mol. The third-order valence-corrected chi connectivity index (χ3v) is 6.11. The fourth-order valence-electron chi connectivity index (χ4n) is 4.61. The maximum Gasteiger partial charge on any atom is 0.418 e. The Balaban J connectivity index is 1.99. The number of rotatable bonds is 2. The first kappa shape index (κ1) is 23.4. The Kier molecular flexibility index (Phi) is 5.29. The van der Waals surface area contributed by atoms with E-state index in [1.165, 1.54) is 42.7 Å². The highest BCUT2D eigenvalue weighted by Crippen LogP contribution is 2.45. The van der Waals surface area contributed by atoms with Crippen LogP contribution in [0.2, 0.25) is 0 Å². The van der Waals surface area contributed by atoms with Gasteiger partial charge in [-0.25, -0.2) is 0 Å². The van der Waals surface area contributed by atoms with Gasteiger partial charge in [0.05, 0.1) is 39.5 Å². The second-order valence-corrected chi connectivity index (χ2v) is 8.27. The van der Waals surface area contributed by atoms with Crippen molar-refractivity contribution in [1.82, 2.24) is 9.55 Å². The minimum atomic E-state index is -4.83. The van der Waals surface area contributed by atoms with E-state index in [-0.39, 0.29) is 22.0 Å². The molecule has 0 saturated heterocycles. The maximum absolute atomic E-state index is 14.1. The van der Waals surface area contributed by atoms with Crippen molar-refractivity contribution in [3.63, 3.8) is 0 Å². The van der Waals surface area contributed by atoms with Crippen LogP contribution < -0.4 is 0 Å². The number of aryl methyl sites for hydroxylation is 1. The number of aromatic nitrogens is 2. The molecular formula is C27H15F6N3. The van der Waals surface area contributed by atoms with Crippen molar-refractivity contribution in [2.24, 2.45) is 0 Å². The van der Waals surface area contributed by atoms with Crippen molar-refractivity contribution in [2.75, 3.05) is 0 Å². The van der Waals surface area contributed by atoms with E-state index < -0.39 is 34.5 Å². The zero-order valence-electron chi connectivity index (χ0n) is 18.5. The van der Waals surface area contributed by atoms with Gasteiger partial charge in [0, 0.05) is 23.2 Å². The smallest absolute Gasteiger partial charge is 0.308 e. The van der Waals surface area contributed by atoms with E-state index in [4.69, 9.17) is 0 Å². The van der Waals surface area contributed by atoms with Crippen molar-refractivity contribution < 1.29 is 26.3 Å². The van der Waals surface area contributed by atoms with E-state index in [0.29, 0.717) is 16.7 Å². The van der Waals surface area contributed by atoms with Crippen LogP contribution in [-0.2, 0) is 12.4 Å².